The molecule has 4 nitrogen and oxygen atoms in total. The normalized spacial score (nSPS) is 20.2. The summed E-state index contributed by atoms with van der Waals surface area (Å²) in [6.45, 7) is 6.26. The van der Waals surface area contributed by atoms with Crippen molar-refractivity contribution in [2.75, 3.05) is 13.1 Å². The maximum Gasteiger partial charge on any atom is 0.236 e. The van der Waals surface area contributed by atoms with E-state index >= 15 is 0 Å². The third kappa shape index (κ3) is 2.31. The van der Waals surface area contributed by atoms with E-state index in [1.165, 1.54) is 0 Å². The number of hydrogen-bond acceptors (Lipinski definition) is 3. The third-order valence-electron chi connectivity index (χ3n) is 2.97. The zero-order valence-corrected chi connectivity index (χ0v) is 9.71. The number of rotatable bonds is 2. The van der Waals surface area contributed by atoms with Crippen LogP contribution in [0.2, 0.25) is 0 Å². The van der Waals surface area contributed by atoms with Crippen LogP contribution in [0, 0.1) is 6.92 Å². The van der Waals surface area contributed by atoms with Gasteiger partial charge in [-0.2, -0.15) is 0 Å². The van der Waals surface area contributed by atoms with Crippen LogP contribution >= 0.6 is 0 Å². The van der Waals surface area contributed by atoms with E-state index in [0.717, 1.165) is 37.4 Å². The maximum absolute atomic E-state index is 6.02. The number of aromatic nitrogens is 2. The lowest BCUT2D eigenvalue weighted by molar-refractivity contribution is 0.0495. The first-order valence-corrected chi connectivity index (χ1v) is 5.49. The predicted octanol–water partition coefficient (Wildman–Crippen LogP) is 1.25. The summed E-state index contributed by atoms with van der Waals surface area (Å²) >= 11 is 0. The molecule has 0 amide bonds. The van der Waals surface area contributed by atoms with Crippen molar-refractivity contribution in [3.8, 4) is 5.88 Å². The quantitative estimate of drug-likeness (QED) is 0.796. The van der Waals surface area contributed by atoms with E-state index in [0.29, 0.717) is 0 Å². The number of piperidine rings is 1. The van der Waals surface area contributed by atoms with Crippen molar-refractivity contribution in [1.29, 1.82) is 0 Å². The fraction of sp³-hybridized carbons (Fsp3) is 0.727. The zero-order valence-electron chi connectivity index (χ0n) is 9.71. The minimum Gasteiger partial charge on any atom is -0.470 e. The van der Waals surface area contributed by atoms with E-state index in [4.69, 9.17) is 4.74 Å². The van der Waals surface area contributed by atoms with Crippen LogP contribution in [-0.4, -0.2) is 28.5 Å². The SMILES string of the molecule is Cc1cn(C)nc1OC1(C)CCNCC1. The Labute approximate surface area is 90.6 Å². The van der Waals surface area contributed by atoms with Gasteiger partial charge < -0.3 is 10.1 Å². The van der Waals surface area contributed by atoms with Crippen LogP contribution in [-0.2, 0) is 7.05 Å². The van der Waals surface area contributed by atoms with Crippen LogP contribution < -0.4 is 10.1 Å². The van der Waals surface area contributed by atoms with Crippen LogP contribution in [0.25, 0.3) is 0 Å². The first-order valence-electron chi connectivity index (χ1n) is 5.49. The highest BCUT2D eigenvalue weighted by molar-refractivity contribution is 5.21. The first-order chi connectivity index (χ1) is 7.09. The number of nitrogens with one attached hydrogen (secondary N) is 1. The Morgan fingerprint density at radius 2 is 2.13 bits per heavy atom. The Kier molecular flexibility index (Phi) is 2.69. The second-order valence-electron chi connectivity index (χ2n) is 4.59. The smallest absolute Gasteiger partial charge is 0.236 e. The lowest BCUT2D eigenvalue weighted by Crippen LogP contribution is -2.44. The Balaban J connectivity index is 2.09. The van der Waals surface area contributed by atoms with Gasteiger partial charge in [-0.15, -0.1) is 5.10 Å². The van der Waals surface area contributed by atoms with Crippen molar-refractivity contribution in [3.05, 3.63) is 11.8 Å². The van der Waals surface area contributed by atoms with Crippen LogP contribution in [0.4, 0.5) is 0 Å². The molecular weight excluding hydrogens is 190 g/mol. The molecule has 0 spiro atoms. The fourth-order valence-electron chi connectivity index (χ4n) is 1.98. The van der Waals surface area contributed by atoms with Gasteiger partial charge in [0.1, 0.15) is 5.60 Å². The van der Waals surface area contributed by atoms with Crippen LogP contribution in [0.3, 0.4) is 0 Å². The Morgan fingerprint density at radius 3 is 2.67 bits per heavy atom. The van der Waals surface area contributed by atoms with E-state index < -0.39 is 0 Å². The standard InChI is InChI=1S/C11H19N3O/c1-9-8-14(3)13-10(9)15-11(2)4-6-12-7-5-11/h8,12H,4-7H2,1-3H3. The summed E-state index contributed by atoms with van der Waals surface area (Å²) in [5.41, 5.74) is 1.06. The monoisotopic (exact) mass is 209 g/mol. The molecule has 0 radical (unpaired) electrons. The molecule has 1 N–H and O–H groups in total. The lowest BCUT2D eigenvalue weighted by Gasteiger charge is -2.33. The Hall–Kier alpha value is -1.03. The summed E-state index contributed by atoms with van der Waals surface area (Å²) in [5, 5.41) is 7.66. The van der Waals surface area contributed by atoms with Gasteiger partial charge in [0.15, 0.2) is 0 Å². The van der Waals surface area contributed by atoms with Crippen molar-refractivity contribution in [2.45, 2.75) is 32.3 Å². The number of nitrogens with zero attached hydrogens (tertiary/aromatic N) is 2. The summed E-state index contributed by atoms with van der Waals surface area (Å²) in [4.78, 5) is 0. The van der Waals surface area contributed by atoms with Gasteiger partial charge >= 0.3 is 0 Å². The molecule has 2 rings (SSSR count). The number of hydrogen-bond donors (Lipinski definition) is 1. The average Bonchev–Trinajstić information content (AvgIpc) is 2.45. The highest BCUT2D eigenvalue weighted by Gasteiger charge is 2.29. The first kappa shape index (κ1) is 10.5. The molecule has 1 aromatic rings. The lowest BCUT2D eigenvalue weighted by atomic mass is 9.94. The molecule has 1 fully saturated rings. The van der Waals surface area contributed by atoms with Gasteiger partial charge in [0, 0.05) is 18.8 Å². The molecule has 0 saturated carbocycles. The van der Waals surface area contributed by atoms with Gasteiger partial charge in [-0.25, -0.2) is 0 Å². The minimum absolute atomic E-state index is 0.0512. The Morgan fingerprint density at radius 1 is 1.47 bits per heavy atom. The molecule has 1 saturated heterocycles. The molecule has 1 aliphatic rings. The van der Waals surface area contributed by atoms with Crippen molar-refractivity contribution >= 4 is 0 Å². The highest BCUT2D eigenvalue weighted by atomic mass is 16.5. The van der Waals surface area contributed by atoms with Gasteiger partial charge in [0.05, 0.1) is 0 Å². The van der Waals surface area contributed by atoms with E-state index in [1.807, 2.05) is 20.2 Å². The fourth-order valence-corrected chi connectivity index (χ4v) is 1.98. The van der Waals surface area contributed by atoms with Gasteiger partial charge in [-0.05, 0) is 39.8 Å². The summed E-state index contributed by atoms with van der Waals surface area (Å²) in [5.74, 6) is 0.780. The van der Waals surface area contributed by atoms with Gasteiger partial charge in [0.25, 0.3) is 0 Å². The highest BCUT2D eigenvalue weighted by Crippen LogP contribution is 2.26. The van der Waals surface area contributed by atoms with E-state index in [2.05, 4.69) is 17.3 Å². The zero-order chi connectivity index (χ0) is 10.9. The van der Waals surface area contributed by atoms with Crippen molar-refractivity contribution < 1.29 is 4.74 Å². The molecule has 0 atom stereocenters. The minimum atomic E-state index is -0.0512. The van der Waals surface area contributed by atoms with E-state index in [-0.39, 0.29) is 5.60 Å². The van der Waals surface area contributed by atoms with Crippen molar-refractivity contribution in [1.82, 2.24) is 15.1 Å². The molecule has 0 bridgehead atoms. The second-order valence-corrected chi connectivity index (χ2v) is 4.59. The number of aryl methyl sites for hydroxylation is 2. The van der Waals surface area contributed by atoms with Crippen LogP contribution in [0.1, 0.15) is 25.3 Å². The summed E-state index contributed by atoms with van der Waals surface area (Å²) in [7, 11) is 1.92. The molecule has 1 aromatic heterocycles. The molecule has 0 unspecified atom stereocenters. The topological polar surface area (TPSA) is 39.1 Å². The predicted molar refractivity (Wildman–Crippen MR) is 59.1 cm³/mol. The molecule has 84 valence electrons. The van der Waals surface area contributed by atoms with Crippen molar-refractivity contribution in [2.24, 2.45) is 7.05 Å². The van der Waals surface area contributed by atoms with E-state index in [1.54, 1.807) is 4.68 Å². The summed E-state index contributed by atoms with van der Waals surface area (Å²) in [6.07, 6.45) is 4.08. The molecule has 0 aromatic carbocycles. The van der Waals surface area contributed by atoms with Crippen LogP contribution in [0.15, 0.2) is 6.20 Å². The van der Waals surface area contributed by atoms with Crippen LogP contribution in [0.5, 0.6) is 5.88 Å². The van der Waals surface area contributed by atoms with Gasteiger partial charge in [0.2, 0.25) is 5.88 Å². The summed E-state index contributed by atoms with van der Waals surface area (Å²) < 4.78 is 7.82. The van der Waals surface area contributed by atoms with Gasteiger partial charge in [-0.3, -0.25) is 4.68 Å². The largest absolute Gasteiger partial charge is 0.470 e. The molecule has 1 aliphatic heterocycles. The van der Waals surface area contributed by atoms with Gasteiger partial charge in [-0.1, -0.05) is 0 Å². The molecule has 4 heteroatoms. The molecule has 0 aliphatic carbocycles. The second kappa shape index (κ2) is 3.85. The molecular formula is C11H19N3O. The maximum atomic E-state index is 6.02. The Bertz CT molecular complexity index is 340. The molecule has 15 heavy (non-hydrogen) atoms. The summed E-state index contributed by atoms with van der Waals surface area (Å²) in [6, 6.07) is 0. The number of ether oxygens (including phenoxy) is 1. The third-order valence-corrected chi connectivity index (χ3v) is 2.97. The molecule has 2 heterocycles. The average molecular weight is 209 g/mol. The van der Waals surface area contributed by atoms with Crippen molar-refractivity contribution in [3.63, 3.8) is 0 Å². The van der Waals surface area contributed by atoms with E-state index in [9.17, 15) is 0 Å².